The first-order valence-corrected chi connectivity index (χ1v) is 5.07. The normalized spacial score (nSPS) is 10.8. The molecule has 86 valence electrons. The van der Waals surface area contributed by atoms with Gasteiger partial charge in [0.1, 0.15) is 11.5 Å². The Kier molecular flexibility index (Phi) is 4.51. The Labute approximate surface area is 93.6 Å². The lowest BCUT2D eigenvalue weighted by Gasteiger charge is -1.92. The molecule has 0 aliphatic carbocycles. The molecule has 0 fully saturated rings. The molecule has 0 amide bonds. The highest BCUT2D eigenvalue weighted by atomic mass is 16.4. The first kappa shape index (κ1) is 12.2. The monoisotopic (exact) mass is 222 g/mol. The van der Waals surface area contributed by atoms with E-state index in [1.807, 2.05) is 13.0 Å². The second-order valence-electron chi connectivity index (χ2n) is 3.50. The number of carbonyl (C=O) groups is 2. The third-order valence-corrected chi connectivity index (χ3v) is 2.01. The molecule has 0 saturated carbocycles. The van der Waals surface area contributed by atoms with Crippen LogP contribution in [-0.2, 0) is 9.59 Å². The molecule has 0 aromatic carbocycles. The third-order valence-electron chi connectivity index (χ3n) is 2.01. The number of aryl methyl sites for hydroxylation is 1. The highest BCUT2D eigenvalue weighted by molar-refractivity contribution is 5.93. The Bertz CT molecular complexity index is 401. The van der Waals surface area contributed by atoms with Crippen molar-refractivity contribution in [3.63, 3.8) is 0 Å². The molecule has 0 spiro atoms. The van der Waals surface area contributed by atoms with Gasteiger partial charge in [-0.1, -0.05) is 0 Å². The van der Waals surface area contributed by atoms with Crippen LogP contribution in [-0.4, -0.2) is 16.9 Å². The van der Waals surface area contributed by atoms with E-state index in [-0.39, 0.29) is 18.6 Å². The van der Waals surface area contributed by atoms with Crippen LogP contribution in [0, 0.1) is 6.92 Å². The van der Waals surface area contributed by atoms with Crippen LogP contribution in [0.2, 0.25) is 0 Å². The molecular weight excluding hydrogens is 208 g/mol. The topological polar surface area (TPSA) is 67.5 Å². The van der Waals surface area contributed by atoms with Crippen molar-refractivity contribution in [1.29, 1.82) is 0 Å². The van der Waals surface area contributed by atoms with Crippen LogP contribution in [0.15, 0.2) is 22.6 Å². The van der Waals surface area contributed by atoms with E-state index in [1.165, 1.54) is 6.08 Å². The van der Waals surface area contributed by atoms with Gasteiger partial charge in [0.2, 0.25) is 0 Å². The number of aliphatic carboxylic acids is 1. The van der Waals surface area contributed by atoms with Gasteiger partial charge in [-0.3, -0.25) is 9.59 Å². The molecule has 0 aliphatic heterocycles. The van der Waals surface area contributed by atoms with E-state index in [1.54, 1.807) is 12.1 Å². The summed E-state index contributed by atoms with van der Waals surface area (Å²) >= 11 is 0. The van der Waals surface area contributed by atoms with Crippen molar-refractivity contribution in [2.45, 2.75) is 26.2 Å². The molecule has 1 aromatic rings. The highest BCUT2D eigenvalue weighted by Gasteiger charge is 2.01. The van der Waals surface area contributed by atoms with Gasteiger partial charge < -0.3 is 9.52 Å². The predicted octanol–water partition coefficient (Wildman–Crippen LogP) is 2.43. The summed E-state index contributed by atoms with van der Waals surface area (Å²) in [5.41, 5.74) is 0. The Morgan fingerprint density at radius 3 is 2.69 bits per heavy atom. The number of allylic oxidation sites excluding steroid dienone is 1. The van der Waals surface area contributed by atoms with Crippen LogP contribution in [0.4, 0.5) is 0 Å². The fourth-order valence-corrected chi connectivity index (χ4v) is 1.22. The molecule has 1 heterocycles. The Balaban J connectivity index is 2.34. The van der Waals surface area contributed by atoms with Crippen LogP contribution in [0.5, 0.6) is 0 Å². The van der Waals surface area contributed by atoms with E-state index in [0.29, 0.717) is 12.2 Å². The third kappa shape index (κ3) is 4.59. The van der Waals surface area contributed by atoms with Gasteiger partial charge in [-0.2, -0.15) is 0 Å². The molecule has 0 saturated heterocycles. The molecule has 0 bridgehead atoms. The van der Waals surface area contributed by atoms with Gasteiger partial charge in [0.15, 0.2) is 5.78 Å². The summed E-state index contributed by atoms with van der Waals surface area (Å²) in [6.07, 6.45) is 3.66. The molecule has 16 heavy (non-hydrogen) atoms. The molecule has 0 unspecified atom stereocenters. The van der Waals surface area contributed by atoms with Gasteiger partial charge >= 0.3 is 5.97 Å². The van der Waals surface area contributed by atoms with E-state index in [9.17, 15) is 9.59 Å². The summed E-state index contributed by atoms with van der Waals surface area (Å²) in [5.74, 6) is 0.454. The summed E-state index contributed by atoms with van der Waals surface area (Å²) < 4.78 is 5.24. The SMILES string of the molecule is Cc1ccc(C=CC(=O)CCCC(=O)O)o1. The number of carboxylic acids is 1. The van der Waals surface area contributed by atoms with Crippen molar-refractivity contribution in [2.24, 2.45) is 0 Å². The summed E-state index contributed by atoms with van der Waals surface area (Å²) in [5, 5.41) is 8.39. The maximum atomic E-state index is 11.3. The summed E-state index contributed by atoms with van der Waals surface area (Å²) in [7, 11) is 0. The average molecular weight is 222 g/mol. The number of furan rings is 1. The first-order valence-electron chi connectivity index (χ1n) is 5.07. The zero-order valence-electron chi connectivity index (χ0n) is 9.10. The first-order chi connectivity index (χ1) is 7.58. The highest BCUT2D eigenvalue weighted by Crippen LogP contribution is 2.08. The van der Waals surface area contributed by atoms with E-state index >= 15 is 0 Å². The molecule has 4 nitrogen and oxygen atoms in total. The van der Waals surface area contributed by atoms with E-state index < -0.39 is 5.97 Å². The van der Waals surface area contributed by atoms with Gasteiger partial charge in [0, 0.05) is 12.8 Å². The van der Waals surface area contributed by atoms with Gasteiger partial charge in [-0.25, -0.2) is 0 Å². The largest absolute Gasteiger partial charge is 0.481 e. The lowest BCUT2D eigenvalue weighted by molar-refractivity contribution is -0.137. The smallest absolute Gasteiger partial charge is 0.303 e. The fraction of sp³-hybridized carbons (Fsp3) is 0.333. The van der Waals surface area contributed by atoms with Gasteiger partial charge in [-0.15, -0.1) is 0 Å². The fourth-order valence-electron chi connectivity index (χ4n) is 1.22. The minimum atomic E-state index is -0.876. The maximum Gasteiger partial charge on any atom is 0.303 e. The second-order valence-corrected chi connectivity index (χ2v) is 3.50. The van der Waals surface area contributed by atoms with Crippen molar-refractivity contribution in [3.8, 4) is 0 Å². The average Bonchev–Trinajstić information content (AvgIpc) is 2.61. The van der Waals surface area contributed by atoms with Crippen molar-refractivity contribution in [3.05, 3.63) is 29.7 Å². The van der Waals surface area contributed by atoms with E-state index in [4.69, 9.17) is 9.52 Å². The standard InChI is InChI=1S/C12H14O4/c1-9-5-7-11(16-9)8-6-10(13)3-2-4-12(14)15/h5-8H,2-4H2,1H3,(H,14,15). The lowest BCUT2D eigenvalue weighted by atomic mass is 10.1. The van der Waals surface area contributed by atoms with Gasteiger partial charge in [-0.05, 0) is 37.6 Å². The molecule has 1 aromatic heterocycles. The molecule has 0 radical (unpaired) electrons. The Morgan fingerprint density at radius 1 is 1.38 bits per heavy atom. The minimum Gasteiger partial charge on any atom is -0.481 e. The molecule has 0 atom stereocenters. The zero-order valence-corrected chi connectivity index (χ0v) is 9.10. The van der Waals surface area contributed by atoms with Crippen molar-refractivity contribution >= 4 is 17.8 Å². The van der Waals surface area contributed by atoms with E-state index in [2.05, 4.69) is 0 Å². The summed E-state index contributed by atoms with van der Waals surface area (Å²) in [4.78, 5) is 21.5. The second kappa shape index (κ2) is 5.90. The quantitative estimate of drug-likeness (QED) is 0.750. The zero-order chi connectivity index (χ0) is 12.0. The van der Waals surface area contributed by atoms with Crippen LogP contribution < -0.4 is 0 Å². The maximum absolute atomic E-state index is 11.3. The number of hydrogen-bond donors (Lipinski definition) is 1. The number of carbonyl (C=O) groups excluding carboxylic acids is 1. The predicted molar refractivity (Wildman–Crippen MR) is 59.0 cm³/mol. The van der Waals surface area contributed by atoms with Crippen LogP contribution in [0.25, 0.3) is 6.08 Å². The number of rotatable bonds is 6. The Morgan fingerprint density at radius 2 is 2.12 bits per heavy atom. The number of hydrogen-bond acceptors (Lipinski definition) is 3. The molecule has 1 N–H and O–H groups in total. The van der Waals surface area contributed by atoms with E-state index in [0.717, 1.165) is 5.76 Å². The summed E-state index contributed by atoms with van der Waals surface area (Å²) in [6.45, 7) is 1.83. The summed E-state index contributed by atoms with van der Waals surface area (Å²) in [6, 6.07) is 3.59. The molecule has 1 rings (SSSR count). The van der Waals surface area contributed by atoms with Crippen molar-refractivity contribution in [2.75, 3.05) is 0 Å². The van der Waals surface area contributed by atoms with Gasteiger partial charge in [0.05, 0.1) is 0 Å². The van der Waals surface area contributed by atoms with Crippen LogP contribution >= 0.6 is 0 Å². The number of carboxylic acid groups (broad SMARTS) is 1. The van der Waals surface area contributed by atoms with Crippen LogP contribution in [0.1, 0.15) is 30.8 Å². The van der Waals surface area contributed by atoms with Crippen molar-refractivity contribution < 1.29 is 19.1 Å². The minimum absolute atomic E-state index is 0.0272. The number of ketones is 1. The molecular formula is C12H14O4. The lowest BCUT2D eigenvalue weighted by Crippen LogP contribution is -1.98. The molecule has 0 aliphatic rings. The molecule has 4 heteroatoms. The Hall–Kier alpha value is -1.84. The van der Waals surface area contributed by atoms with Crippen LogP contribution in [0.3, 0.4) is 0 Å². The van der Waals surface area contributed by atoms with Crippen molar-refractivity contribution in [1.82, 2.24) is 0 Å². The van der Waals surface area contributed by atoms with Gasteiger partial charge in [0.25, 0.3) is 0 Å².